The first-order valence-corrected chi connectivity index (χ1v) is 15.6. The third-order valence-corrected chi connectivity index (χ3v) is 10.9. The number of sulfonamides is 2. The van der Waals surface area contributed by atoms with E-state index in [0.717, 1.165) is 27.0 Å². The number of primary sulfonamides is 1. The van der Waals surface area contributed by atoms with E-state index >= 15 is 0 Å². The van der Waals surface area contributed by atoms with Gasteiger partial charge in [0, 0.05) is 6.54 Å². The molecule has 2 aromatic heterocycles. The van der Waals surface area contributed by atoms with Gasteiger partial charge in [-0.3, -0.25) is 9.59 Å². The van der Waals surface area contributed by atoms with E-state index in [1.165, 1.54) is 34.9 Å². The Hall–Kier alpha value is -2.14. The second-order valence-corrected chi connectivity index (χ2v) is 14.1. The third kappa shape index (κ3) is 5.41. The number of hydrogen-bond acceptors (Lipinski definition) is 9. The van der Waals surface area contributed by atoms with Gasteiger partial charge in [-0.15, -0.1) is 11.3 Å². The summed E-state index contributed by atoms with van der Waals surface area (Å²) in [6.45, 7) is 1.66. The van der Waals surface area contributed by atoms with Gasteiger partial charge in [-0.1, -0.05) is 22.9 Å². The molecule has 1 unspecified atom stereocenters. The molecule has 3 heterocycles. The molecule has 0 saturated carbocycles. The highest BCUT2D eigenvalue weighted by atomic mass is 35.5. The number of esters is 1. The molecule has 1 aliphatic rings. The minimum absolute atomic E-state index is 0.0296. The van der Waals surface area contributed by atoms with Crippen LogP contribution in [0.5, 0.6) is 0 Å². The highest BCUT2D eigenvalue weighted by molar-refractivity contribution is 7.91. The number of nitrogens with zero attached hydrogens (tertiary/aromatic N) is 3. The number of rotatable bonds is 7. The van der Waals surface area contributed by atoms with Crippen LogP contribution in [0.15, 0.2) is 44.4 Å². The lowest BCUT2D eigenvalue weighted by atomic mass is 10.2. The first-order chi connectivity index (χ1) is 16.9. The summed E-state index contributed by atoms with van der Waals surface area (Å²) in [4.78, 5) is 29.6. The van der Waals surface area contributed by atoms with Gasteiger partial charge in [0.2, 0.25) is 10.0 Å². The summed E-state index contributed by atoms with van der Waals surface area (Å²) in [5, 5.41) is 5.23. The van der Waals surface area contributed by atoms with Gasteiger partial charge in [-0.25, -0.2) is 22.0 Å². The van der Waals surface area contributed by atoms with Gasteiger partial charge in [0.05, 0.1) is 26.1 Å². The van der Waals surface area contributed by atoms with E-state index in [4.69, 9.17) is 21.5 Å². The molecule has 1 aliphatic heterocycles. The van der Waals surface area contributed by atoms with E-state index in [-0.39, 0.29) is 40.0 Å². The molecule has 0 aliphatic carbocycles. The molecule has 194 valence electrons. The number of ether oxygens (including phenoxy) is 1. The van der Waals surface area contributed by atoms with Crippen LogP contribution in [0.3, 0.4) is 0 Å². The van der Waals surface area contributed by atoms with E-state index in [9.17, 15) is 26.4 Å². The minimum atomic E-state index is -3.99. The van der Waals surface area contributed by atoms with Crippen LogP contribution in [0.2, 0.25) is 4.34 Å². The van der Waals surface area contributed by atoms with Crippen LogP contribution in [0.25, 0.3) is 10.2 Å². The zero-order valence-electron chi connectivity index (χ0n) is 18.8. The van der Waals surface area contributed by atoms with Crippen LogP contribution in [-0.2, 0) is 40.9 Å². The van der Waals surface area contributed by atoms with Gasteiger partial charge in [-0.2, -0.15) is 9.30 Å². The molecule has 1 fully saturated rings. The normalized spacial score (nSPS) is 17.6. The van der Waals surface area contributed by atoms with Gasteiger partial charge >= 0.3 is 5.97 Å². The fraction of sp³-hybridized carbons (Fsp3) is 0.350. The van der Waals surface area contributed by atoms with E-state index in [2.05, 4.69) is 4.99 Å². The van der Waals surface area contributed by atoms with Crippen molar-refractivity contribution >= 4 is 76.4 Å². The lowest BCUT2D eigenvalue weighted by Gasteiger charge is -2.20. The Morgan fingerprint density at radius 1 is 1.19 bits per heavy atom. The summed E-state index contributed by atoms with van der Waals surface area (Å²) in [7, 11) is -7.95. The summed E-state index contributed by atoms with van der Waals surface area (Å²) in [5.41, 5.74) is 0.441. The highest BCUT2D eigenvalue weighted by Crippen LogP contribution is 2.32. The Morgan fingerprint density at radius 2 is 1.94 bits per heavy atom. The Kier molecular flexibility index (Phi) is 7.71. The number of aromatic nitrogens is 1. The fourth-order valence-corrected chi connectivity index (χ4v) is 8.75. The molecule has 11 nitrogen and oxygen atoms in total. The van der Waals surface area contributed by atoms with E-state index in [0.29, 0.717) is 21.0 Å². The second-order valence-electron chi connectivity index (χ2n) is 7.73. The lowest BCUT2D eigenvalue weighted by molar-refractivity contribution is -0.143. The molecule has 0 spiro atoms. The molecule has 1 atom stereocenters. The number of thiophene rings is 1. The predicted octanol–water partition coefficient (Wildman–Crippen LogP) is 1.91. The van der Waals surface area contributed by atoms with Crippen molar-refractivity contribution in [1.29, 1.82) is 0 Å². The number of amides is 1. The van der Waals surface area contributed by atoms with Gasteiger partial charge < -0.3 is 9.30 Å². The van der Waals surface area contributed by atoms with Gasteiger partial charge in [0.1, 0.15) is 16.8 Å². The topological polar surface area (TPSA) is 158 Å². The van der Waals surface area contributed by atoms with Crippen LogP contribution in [0.1, 0.15) is 19.8 Å². The van der Waals surface area contributed by atoms with Crippen molar-refractivity contribution < 1.29 is 31.2 Å². The minimum Gasteiger partial charge on any atom is -0.465 e. The monoisotopic (exact) mass is 592 g/mol. The van der Waals surface area contributed by atoms with Crippen molar-refractivity contribution in [2.24, 2.45) is 10.1 Å². The van der Waals surface area contributed by atoms with E-state index in [1.54, 1.807) is 6.92 Å². The number of thiazole rings is 1. The van der Waals surface area contributed by atoms with Crippen LogP contribution in [0.4, 0.5) is 0 Å². The molecular formula is C20H21ClN4O7S4. The number of halogens is 1. The Balaban J connectivity index is 1.77. The maximum Gasteiger partial charge on any atom is 0.326 e. The molecular weight excluding hydrogens is 572 g/mol. The summed E-state index contributed by atoms with van der Waals surface area (Å²) >= 11 is 7.78. The summed E-state index contributed by atoms with van der Waals surface area (Å²) in [6, 6.07) is 5.91. The van der Waals surface area contributed by atoms with E-state index in [1.807, 2.05) is 0 Å². The number of fused-ring (bicyclic) bond motifs is 1. The fourth-order valence-electron chi connectivity index (χ4n) is 3.80. The van der Waals surface area contributed by atoms with Crippen LogP contribution in [0, 0.1) is 0 Å². The average Bonchev–Trinajstić information content (AvgIpc) is 3.53. The summed E-state index contributed by atoms with van der Waals surface area (Å²) in [6.07, 6.45) is 0.746. The quantitative estimate of drug-likeness (QED) is 0.410. The number of benzene rings is 1. The highest BCUT2D eigenvalue weighted by Gasteiger charge is 2.40. The second kappa shape index (κ2) is 10.3. The third-order valence-electron chi connectivity index (χ3n) is 5.38. The molecule has 0 bridgehead atoms. The van der Waals surface area contributed by atoms with Crippen molar-refractivity contribution in [2.75, 3.05) is 13.2 Å². The standard InChI is InChI=1S/C20H21ClN4O7S4/c1-2-32-17(26)11-24-13-6-5-12(35(22,28)29)10-15(13)33-20(24)23-19(27)14-4-3-9-25(14)36(30,31)18-8-7-16(21)34-18/h5-8,10,14H,2-4,9,11H2,1H3,(H2,22,28,29). The van der Waals surface area contributed by atoms with Crippen molar-refractivity contribution in [1.82, 2.24) is 8.87 Å². The lowest BCUT2D eigenvalue weighted by Crippen LogP contribution is -2.40. The van der Waals surface area contributed by atoms with Gasteiger partial charge in [0.25, 0.3) is 15.9 Å². The number of nitrogens with two attached hydrogens (primary N) is 1. The van der Waals surface area contributed by atoms with Crippen LogP contribution < -0.4 is 9.94 Å². The van der Waals surface area contributed by atoms with Crippen molar-refractivity contribution in [2.45, 2.75) is 41.5 Å². The number of carbonyl (C=O) groups excluding carboxylic acids is 2. The first-order valence-electron chi connectivity index (χ1n) is 10.6. The predicted molar refractivity (Wildman–Crippen MR) is 135 cm³/mol. The Morgan fingerprint density at radius 3 is 2.58 bits per heavy atom. The average molecular weight is 593 g/mol. The van der Waals surface area contributed by atoms with Gasteiger partial charge in [-0.05, 0) is 50.1 Å². The van der Waals surface area contributed by atoms with Crippen molar-refractivity contribution in [3.8, 4) is 0 Å². The maximum absolute atomic E-state index is 13.2. The van der Waals surface area contributed by atoms with Crippen LogP contribution in [-0.4, -0.2) is 56.8 Å². The SMILES string of the molecule is CCOC(=O)Cn1c(=NC(=O)C2CCCN2S(=O)(=O)c2ccc(Cl)s2)sc2cc(S(N)(=O)=O)ccc21. The first kappa shape index (κ1) is 26.9. The molecule has 1 aromatic carbocycles. The molecule has 36 heavy (non-hydrogen) atoms. The van der Waals surface area contributed by atoms with Crippen molar-refractivity contribution in [3.05, 3.63) is 39.5 Å². The molecule has 1 saturated heterocycles. The number of hydrogen-bond donors (Lipinski definition) is 1. The van der Waals surface area contributed by atoms with E-state index < -0.39 is 38.0 Å². The Labute approximate surface area is 219 Å². The smallest absolute Gasteiger partial charge is 0.326 e. The molecule has 3 aromatic rings. The van der Waals surface area contributed by atoms with Gasteiger partial charge in [0.15, 0.2) is 4.80 Å². The molecule has 2 N–H and O–H groups in total. The molecule has 4 rings (SSSR count). The zero-order chi connectivity index (χ0) is 26.3. The summed E-state index contributed by atoms with van der Waals surface area (Å²) < 4.78 is 58.1. The molecule has 1 amide bonds. The summed E-state index contributed by atoms with van der Waals surface area (Å²) in [5.74, 6) is -1.28. The zero-order valence-corrected chi connectivity index (χ0v) is 22.8. The van der Waals surface area contributed by atoms with Crippen molar-refractivity contribution in [3.63, 3.8) is 0 Å². The molecule has 16 heteroatoms. The number of carbonyl (C=O) groups is 2. The maximum atomic E-state index is 13.2. The Bertz CT molecular complexity index is 1620. The largest absolute Gasteiger partial charge is 0.465 e. The molecule has 0 radical (unpaired) electrons. The van der Waals surface area contributed by atoms with Crippen LogP contribution >= 0.6 is 34.3 Å².